The van der Waals surface area contributed by atoms with Gasteiger partial charge in [0, 0.05) is 18.0 Å². The van der Waals surface area contributed by atoms with Crippen molar-refractivity contribution in [2.75, 3.05) is 0 Å². The van der Waals surface area contributed by atoms with E-state index < -0.39 is 0 Å². The number of benzene rings is 1. The van der Waals surface area contributed by atoms with Crippen LogP contribution in [-0.4, -0.2) is 15.0 Å². The smallest absolute Gasteiger partial charge is 0.144 e. The highest BCUT2D eigenvalue weighted by atomic mass is 79.9. The molecule has 0 aliphatic carbocycles. The van der Waals surface area contributed by atoms with Crippen molar-refractivity contribution in [3.05, 3.63) is 63.5 Å². The predicted molar refractivity (Wildman–Crippen MR) is 90.5 cm³/mol. The number of nitrogens with one attached hydrogen (secondary N) is 1. The van der Waals surface area contributed by atoms with Gasteiger partial charge in [0.25, 0.3) is 0 Å². The quantitative estimate of drug-likeness (QED) is 0.660. The highest BCUT2D eigenvalue weighted by Crippen LogP contribution is 2.29. The number of halogens is 1. The van der Waals surface area contributed by atoms with Crippen molar-refractivity contribution in [1.29, 1.82) is 0 Å². The van der Waals surface area contributed by atoms with Gasteiger partial charge in [-0.3, -0.25) is 4.98 Å². The first-order chi connectivity index (χ1) is 10.2. The Bertz CT molecular complexity index is 844. The maximum atomic E-state index is 5.38. The molecule has 3 rings (SSSR count). The summed E-state index contributed by atoms with van der Waals surface area (Å²) in [5.41, 5.74) is 4.05. The summed E-state index contributed by atoms with van der Waals surface area (Å²) in [7, 11) is 0. The van der Waals surface area contributed by atoms with Crippen LogP contribution in [-0.2, 0) is 0 Å². The fourth-order valence-corrected chi connectivity index (χ4v) is 2.74. The van der Waals surface area contributed by atoms with Crippen LogP contribution in [0.15, 0.2) is 53.3 Å². The normalized spacial score (nSPS) is 10.6. The Morgan fingerprint density at radius 3 is 2.62 bits per heavy atom. The van der Waals surface area contributed by atoms with E-state index in [9.17, 15) is 0 Å². The summed E-state index contributed by atoms with van der Waals surface area (Å²) in [4.78, 5) is 12.0. The number of rotatable bonds is 2. The topological polar surface area (TPSA) is 41.6 Å². The van der Waals surface area contributed by atoms with E-state index in [1.807, 2.05) is 49.5 Å². The molecule has 1 N–H and O–H groups in total. The second kappa shape index (κ2) is 5.87. The van der Waals surface area contributed by atoms with Gasteiger partial charge in [-0.05, 0) is 40.0 Å². The van der Waals surface area contributed by atoms with Crippen molar-refractivity contribution in [2.24, 2.45) is 0 Å². The van der Waals surface area contributed by atoms with Crippen LogP contribution >= 0.6 is 28.1 Å². The predicted octanol–water partition coefficient (Wildman–Crippen LogP) is 4.94. The fraction of sp³-hybridized carbons (Fsp3) is 0.0625. The molecule has 0 atom stereocenters. The fourth-order valence-electron chi connectivity index (χ4n) is 2.13. The Labute approximate surface area is 136 Å². The second-order valence-electron chi connectivity index (χ2n) is 4.64. The lowest BCUT2D eigenvalue weighted by Gasteiger charge is -2.10. The van der Waals surface area contributed by atoms with Gasteiger partial charge in [-0.2, -0.15) is 0 Å². The van der Waals surface area contributed by atoms with Crippen LogP contribution < -0.4 is 0 Å². The Morgan fingerprint density at radius 1 is 1.14 bits per heavy atom. The molecule has 0 aliphatic rings. The first kappa shape index (κ1) is 14.1. The SMILES string of the molecule is Cc1cnccc1-c1nc(=S)c(Br)c(-c2ccccc2)[nH]1. The van der Waals surface area contributed by atoms with Crippen molar-refractivity contribution >= 4 is 28.1 Å². The standard InChI is InChI=1S/C16H12BrN3S/c1-10-9-18-8-7-12(10)15-19-14(13(17)16(21)20-15)11-5-3-2-4-6-11/h2-9H,1H3,(H,19,20,21). The zero-order valence-corrected chi connectivity index (χ0v) is 13.7. The molecule has 2 aromatic heterocycles. The first-order valence-corrected chi connectivity index (χ1v) is 7.63. The maximum absolute atomic E-state index is 5.38. The lowest BCUT2D eigenvalue weighted by atomic mass is 10.1. The van der Waals surface area contributed by atoms with E-state index in [2.05, 4.69) is 30.9 Å². The van der Waals surface area contributed by atoms with Crippen molar-refractivity contribution in [1.82, 2.24) is 15.0 Å². The number of aromatic nitrogens is 3. The molecule has 0 amide bonds. The van der Waals surface area contributed by atoms with Crippen LogP contribution in [0.4, 0.5) is 0 Å². The molecule has 0 saturated carbocycles. The molecule has 0 aliphatic heterocycles. The number of hydrogen-bond acceptors (Lipinski definition) is 3. The Hall–Kier alpha value is -1.85. The van der Waals surface area contributed by atoms with E-state index in [-0.39, 0.29) is 0 Å². The van der Waals surface area contributed by atoms with Gasteiger partial charge in [-0.15, -0.1) is 0 Å². The number of aromatic amines is 1. The molecule has 0 radical (unpaired) electrons. The van der Waals surface area contributed by atoms with Crippen LogP contribution in [0.25, 0.3) is 22.6 Å². The minimum absolute atomic E-state index is 0.541. The third kappa shape index (κ3) is 2.80. The monoisotopic (exact) mass is 357 g/mol. The molecule has 3 nitrogen and oxygen atoms in total. The van der Waals surface area contributed by atoms with Crippen molar-refractivity contribution in [2.45, 2.75) is 6.92 Å². The average Bonchev–Trinajstić information content (AvgIpc) is 2.51. The van der Waals surface area contributed by atoms with Gasteiger partial charge in [0.2, 0.25) is 0 Å². The molecule has 2 heterocycles. The minimum atomic E-state index is 0.541. The minimum Gasteiger partial charge on any atom is -0.338 e. The number of hydrogen-bond donors (Lipinski definition) is 1. The van der Waals surface area contributed by atoms with E-state index >= 15 is 0 Å². The molecule has 0 unspecified atom stereocenters. The first-order valence-electron chi connectivity index (χ1n) is 6.43. The molecular weight excluding hydrogens is 346 g/mol. The summed E-state index contributed by atoms with van der Waals surface area (Å²) in [6.45, 7) is 2.01. The van der Waals surface area contributed by atoms with Crippen molar-refractivity contribution in [3.8, 4) is 22.6 Å². The summed E-state index contributed by atoms with van der Waals surface area (Å²) in [5, 5.41) is 0. The van der Waals surface area contributed by atoms with Crippen molar-refractivity contribution in [3.63, 3.8) is 0 Å². The molecule has 0 spiro atoms. The summed E-state index contributed by atoms with van der Waals surface area (Å²) < 4.78 is 1.35. The molecule has 21 heavy (non-hydrogen) atoms. The third-order valence-electron chi connectivity index (χ3n) is 3.20. The highest BCUT2D eigenvalue weighted by molar-refractivity contribution is 9.10. The molecule has 0 saturated heterocycles. The molecular formula is C16H12BrN3S. The number of nitrogens with zero attached hydrogens (tertiary/aromatic N) is 2. The summed E-state index contributed by atoms with van der Waals surface area (Å²) in [6.07, 6.45) is 3.57. The van der Waals surface area contributed by atoms with Gasteiger partial charge in [-0.1, -0.05) is 42.5 Å². The Balaban J connectivity index is 2.24. The lowest BCUT2D eigenvalue weighted by Crippen LogP contribution is -1.96. The second-order valence-corrected chi connectivity index (χ2v) is 5.82. The zero-order chi connectivity index (χ0) is 14.8. The van der Waals surface area contributed by atoms with Crippen LogP contribution in [0.3, 0.4) is 0 Å². The van der Waals surface area contributed by atoms with E-state index in [4.69, 9.17) is 12.2 Å². The zero-order valence-electron chi connectivity index (χ0n) is 11.3. The van der Waals surface area contributed by atoms with Gasteiger partial charge < -0.3 is 4.98 Å². The van der Waals surface area contributed by atoms with Gasteiger partial charge in [0.15, 0.2) is 0 Å². The van der Waals surface area contributed by atoms with E-state index in [1.165, 1.54) is 0 Å². The average molecular weight is 358 g/mol. The van der Waals surface area contributed by atoms with Crippen LogP contribution in [0.2, 0.25) is 0 Å². The number of H-pyrrole nitrogens is 1. The van der Waals surface area contributed by atoms with Gasteiger partial charge in [0.1, 0.15) is 10.5 Å². The Kier molecular flexibility index (Phi) is 3.94. The molecule has 3 aromatic rings. The lowest BCUT2D eigenvalue weighted by molar-refractivity contribution is 1.13. The molecule has 1 aromatic carbocycles. The molecule has 0 bridgehead atoms. The van der Waals surface area contributed by atoms with Gasteiger partial charge in [-0.25, -0.2) is 4.98 Å². The maximum Gasteiger partial charge on any atom is 0.144 e. The highest BCUT2D eigenvalue weighted by Gasteiger charge is 2.11. The largest absolute Gasteiger partial charge is 0.338 e. The van der Waals surface area contributed by atoms with Gasteiger partial charge >= 0.3 is 0 Å². The van der Waals surface area contributed by atoms with E-state index in [1.54, 1.807) is 6.20 Å². The Morgan fingerprint density at radius 2 is 1.90 bits per heavy atom. The van der Waals surface area contributed by atoms with Crippen LogP contribution in [0, 0.1) is 11.6 Å². The van der Waals surface area contributed by atoms with E-state index in [0.29, 0.717) is 4.64 Å². The summed E-state index contributed by atoms with van der Waals surface area (Å²) in [6, 6.07) is 12.0. The van der Waals surface area contributed by atoms with Crippen LogP contribution in [0.5, 0.6) is 0 Å². The summed E-state index contributed by atoms with van der Waals surface area (Å²) in [5.74, 6) is 0.752. The van der Waals surface area contributed by atoms with Crippen molar-refractivity contribution < 1.29 is 0 Å². The molecule has 104 valence electrons. The molecule has 0 fully saturated rings. The van der Waals surface area contributed by atoms with Crippen LogP contribution in [0.1, 0.15) is 5.56 Å². The third-order valence-corrected chi connectivity index (χ3v) is 4.53. The van der Waals surface area contributed by atoms with Gasteiger partial charge in [0.05, 0.1) is 10.2 Å². The summed E-state index contributed by atoms with van der Waals surface area (Å²) >= 11 is 8.91. The van der Waals surface area contributed by atoms with E-state index in [0.717, 1.165) is 32.7 Å². The number of pyridine rings is 1. The number of aryl methyl sites for hydroxylation is 1. The molecule has 5 heteroatoms.